The number of cyclic esters (lactones) is 1. The van der Waals surface area contributed by atoms with E-state index < -0.39 is 0 Å². The largest absolute Gasteiger partial charge is 0.504 e. The molecule has 136 valence electrons. The Morgan fingerprint density at radius 2 is 1.81 bits per heavy atom. The van der Waals surface area contributed by atoms with Gasteiger partial charge in [-0.25, -0.2) is 0 Å². The number of fused-ring (bicyclic) bond motifs is 1. The molecule has 4 rings (SSSR count). The van der Waals surface area contributed by atoms with Gasteiger partial charge in [-0.05, 0) is 48.2 Å². The fraction of sp³-hybridized carbons (Fsp3) is 0.350. The molecule has 0 aromatic heterocycles. The summed E-state index contributed by atoms with van der Waals surface area (Å²) in [5.74, 6) is 1.67. The fourth-order valence-corrected chi connectivity index (χ4v) is 3.53. The van der Waals surface area contributed by atoms with E-state index >= 15 is 0 Å². The maximum atomic E-state index is 12.2. The van der Waals surface area contributed by atoms with E-state index in [2.05, 4.69) is 0 Å². The molecule has 0 bridgehead atoms. The number of ether oxygens (including phenoxy) is 4. The number of phenols is 1. The van der Waals surface area contributed by atoms with Gasteiger partial charge >= 0.3 is 5.97 Å². The average molecular weight is 356 g/mol. The third-order valence-corrected chi connectivity index (χ3v) is 4.95. The van der Waals surface area contributed by atoms with Crippen LogP contribution in [0.1, 0.15) is 11.1 Å². The molecule has 0 spiro atoms. The summed E-state index contributed by atoms with van der Waals surface area (Å²) in [5, 5.41) is 9.74. The van der Waals surface area contributed by atoms with E-state index in [0.717, 1.165) is 16.9 Å². The second-order valence-electron chi connectivity index (χ2n) is 6.60. The molecule has 2 aliphatic rings. The Balaban J connectivity index is 1.50. The molecule has 1 fully saturated rings. The molecule has 1 N–H and O–H groups in total. The molecular weight excluding hydrogens is 336 g/mol. The Kier molecular flexibility index (Phi) is 4.32. The van der Waals surface area contributed by atoms with Crippen molar-refractivity contribution in [2.24, 2.45) is 11.8 Å². The minimum atomic E-state index is -0.213. The van der Waals surface area contributed by atoms with E-state index in [1.807, 2.05) is 24.3 Å². The van der Waals surface area contributed by atoms with E-state index in [1.54, 1.807) is 12.1 Å². The predicted octanol–water partition coefficient (Wildman–Crippen LogP) is 2.70. The molecule has 26 heavy (non-hydrogen) atoms. The van der Waals surface area contributed by atoms with Gasteiger partial charge in [0.2, 0.25) is 6.79 Å². The van der Waals surface area contributed by atoms with E-state index in [-0.39, 0.29) is 30.3 Å². The quantitative estimate of drug-likeness (QED) is 0.831. The van der Waals surface area contributed by atoms with Crippen LogP contribution in [0, 0.1) is 11.8 Å². The number of phenolic OH excluding ortho intramolecular Hbond substituents is 1. The van der Waals surface area contributed by atoms with Crippen molar-refractivity contribution in [3.05, 3.63) is 47.5 Å². The van der Waals surface area contributed by atoms with Crippen molar-refractivity contribution in [1.29, 1.82) is 0 Å². The molecule has 0 unspecified atom stereocenters. The highest BCUT2D eigenvalue weighted by atomic mass is 16.7. The van der Waals surface area contributed by atoms with Crippen LogP contribution in [-0.2, 0) is 22.4 Å². The third kappa shape index (κ3) is 3.14. The Bertz CT molecular complexity index is 831. The number of carbonyl (C=O) groups is 1. The van der Waals surface area contributed by atoms with E-state index in [1.165, 1.54) is 7.11 Å². The number of aromatic hydroxyl groups is 1. The lowest BCUT2D eigenvalue weighted by molar-refractivity contribution is -0.141. The van der Waals surface area contributed by atoms with Gasteiger partial charge in [0.25, 0.3) is 0 Å². The number of benzene rings is 2. The smallest absolute Gasteiger partial charge is 0.309 e. The van der Waals surface area contributed by atoms with Gasteiger partial charge in [0.1, 0.15) is 0 Å². The van der Waals surface area contributed by atoms with Crippen LogP contribution in [0.3, 0.4) is 0 Å². The molecule has 6 nitrogen and oxygen atoms in total. The van der Waals surface area contributed by atoms with Crippen molar-refractivity contribution >= 4 is 5.97 Å². The molecular formula is C20H20O6. The minimum Gasteiger partial charge on any atom is -0.504 e. The monoisotopic (exact) mass is 356 g/mol. The molecule has 1 saturated heterocycles. The van der Waals surface area contributed by atoms with Crippen LogP contribution in [0.15, 0.2) is 36.4 Å². The molecule has 2 atom stereocenters. The summed E-state index contributed by atoms with van der Waals surface area (Å²) in [6, 6.07) is 11.0. The summed E-state index contributed by atoms with van der Waals surface area (Å²) in [4.78, 5) is 12.2. The van der Waals surface area contributed by atoms with Gasteiger partial charge in [-0.2, -0.15) is 0 Å². The Morgan fingerprint density at radius 1 is 1.04 bits per heavy atom. The second kappa shape index (κ2) is 6.78. The minimum absolute atomic E-state index is 0.0715. The van der Waals surface area contributed by atoms with Crippen LogP contribution in [0.25, 0.3) is 0 Å². The number of hydrogen-bond acceptors (Lipinski definition) is 6. The predicted molar refractivity (Wildman–Crippen MR) is 92.6 cm³/mol. The lowest BCUT2D eigenvalue weighted by Crippen LogP contribution is -2.20. The summed E-state index contributed by atoms with van der Waals surface area (Å²) >= 11 is 0. The standard InChI is InChI=1S/C20H20O6/c1-23-18-8-12(2-4-16(18)21)6-14-10-24-20(22)15(14)7-13-3-5-17-19(9-13)26-11-25-17/h2-5,8-9,14-15,21H,6-7,10-11H2,1H3/t14-,15+/m0/s1. The second-order valence-corrected chi connectivity index (χ2v) is 6.60. The van der Waals surface area contributed by atoms with Crippen molar-refractivity contribution in [2.75, 3.05) is 20.5 Å². The average Bonchev–Trinajstić information content (AvgIpc) is 3.24. The highest BCUT2D eigenvalue weighted by molar-refractivity contribution is 5.75. The van der Waals surface area contributed by atoms with Gasteiger partial charge in [0.05, 0.1) is 19.6 Å². The van der Waals surface area contributed by atoms with Gasteiger partial charge in [0.15, 0.2) is 23.0 Å². The van der Waals surface area contributed by atoms with Gasteiger partial charge in [-0.15, -0.1) is 0 Å². The summed E-state index contributed by atoms with van der Waals surface area (Å²) in [7, 11) is 1.52. The Labute approximate surface area is 151 Å². The number of hydrogen-bond donors (Lipinski definition) is 1. The normalized spacial score (nSPS) is 20.9. The number of rotatable bonds is 5. The highest BCUT2D eigenvalue weighted by Gasteiger charge is 2.37. The zero-order valence-electron chi connectivity index (χ0n) is 14.4. The van der Waals surface area contributed by atoms with E-state index in [9.17, 15) is 9.90 Å². The van der Waals surface area contributed by atoms with E-state index in [0.29, 0.717) is 30.9 Å². The maximum Gasteiger partial charge on any atom is 0.309 e. The topological polar surface area (TPSA) is 74.2 Å². The zero-order valence-corrected chi connectivity index (χ0v) is 14.4. The zero-order chi connectivity index (χ0) is 18.1. The fourth-order valence-electron chi connectivity index (χ4n) is 3.53. The molecule has 2 aliphatic heterocycles. The van der Waals surface area contributed by atoms with Crippen molar-refractivity contribution in [3.8, 4) is 23.0 Å². The summed E-state index contributed by atoms with van der Waals surface area (Å²) in [5.41, 5.74) is 2.02. The first-order valence-electron chi connectivity index (χ1n) is 8.55. The molecule has 0 amide bonds. The number of methoxy groups -OCH3 is 1. The highest BCUT2D eigenvalue weighted by Crippen LogP contribution is 2.36. The molecule has 0 saturated carbocycles. The first-order valence-corrected chi connectivity index (χ1v) is 8.55. The summed E-state index contributed by atoms with van der Waals surface area (Å²) in [6.45, 7) is 0.632. The van der Waals surface area contributed by atoms with Crippen molar-refractivity contribution < 1.29 is 28.8 Å². The van der Waals surface area contributed by atoms with Crippen LogP contribution in [-0.4, -0.2) is 31.6 Å². The first-order chi connectivity index (χ1) is 12.6. The van der Waals surface area contributed by atoms with Gasteiger partial charge in [-0.1, -0.05) is 12.1 Å². The Hall–Kier alpha value is -2.89. The lowest BCUT2D eigenvalue weighted by Gasteiger charge is -2.16. The molecule has 0 radical (unpaired) electrons. The maximum absolute atomic E-state index is 12.2. The number of esters is 1. The van der Waals surface area contributed by atoms with Crippen LogP contribution < -0.4 is 14.2 Å². The van der Waals surface area contributed by atoms with Crippen LogP contribution in [0.4, 0.5) is 0 Å². The van der Waals surface area contributed by atoms with Crippen molar-refractivity contribution in [3.63, 3.8) is 0 Å². The molecule has 0 aliphatic carbocycles. The summed E-state index contributed by atoms with van der Waals surface area (Å²) in [6.07, 6.45) is 1.27. The van der Waals surface area contributed by atoms with Crippen molar-refractivity contribution in [1.82, 2.24) is 0 Å². The lowest BCUT2D eigenvalue weighted by atomic mass is 9.85. The van der Waals surface area contributed by atoms with Crippen LogP contribution in [0.5, 0.6) is 23.0 Å². The molecule has 2 heterocycles. The number of carbonyl (C=O) groups excluding carboxylic acids is 1. The first kappa shape index (κ1) is 16.6. The SMILES string of the molecule is COc1cc(C[C@H]2COC(=O)[C@@H]2Cc2ccc3c(c2)OCO3)ccc1O. The molecule has 2 aromatic rings. The third-order valence-electron chi connectivity index (χ3n) is 4.95. The van der Waals surface area contributed by atoms with Gasteiger partial charge < -0.3 is 24.1 Å². The van der Waals surface area contributed by atoms with Gasteiger partial charge in [-0.3, -0.25) is 4.79 Å². The summed E-state index contributed by atoms with van der Waals surface area (Å²) < 4.78 is 21.2. The van der Waals surface area contributed by atoms with Crippen molar-refractivity contribution in [2.45, 2.75) is 12.8 Å². The molecule has 6 heteroatoms. The van der Waals surface area contributed by atoms with Crippen LogP contribution in [0.2, 0.25) is 0 Å². The van der Waals surface area contributed by atoms with Crippen LogP contribution >= 0.6 is 0 Å². The van der Waals surface area contributed by atoms with E-state index in [4.69, 9.17) is 18.9 Å². The van der Waals surface area contributed by atoms with Gasteiger partial charge in [0, 0.05) is 5.92 Å². The molecule has 2 aromatic carbocycles. The Morgan fingerprint density at radius 3 is 2.65 bits per heavy atom.